The average molecular weight is 167 g/mol. The molecule has 1 aliphatic carbocycles. The van der Waals surface area contributed by atoms with Gasteiger partial charge in [-0.1, -0.05) is 13.8 Å². The van der Waals surface area contributed by atoms with Crippen molar-refractivity contribution in [3.63, 3.8) is 0 Å². The average Bonchev–Trinajstić information content (AvgIpc) is 1.96. The third kappa shape index (κ3) is 1.21. The molecule has 0 unspecified atom stereocenters. The number of rotatable bonds is 2. The van der Waals surface area contributed by atoms with E-state index in [2.05, 4.69) is 4.99 Å². The van der Waals surface area contributed by atoms with Gasteiger partial charge in [-0.25, -0.2) is 9.79 Å². The molecular weight excluding hydrogens is 154 g/mol. The van der Waals surface area contributed by atoms with Crippen LogP contribution in [-0.4, -0.2) is 17.9 Å². The van der Waals surface area contributed by atoms with Crippen molar-refractivity contribution in [3.05, 3.63) is 0 Å². The second-order valence-corrected chi connectivity index (χ2v) is 3.96. The Kier molecular flexibility index (Phi) is 2.16. The van der Waals surface area contributed by atoms with Crippen molar-refractivity contribution in [1.82, 2.24) is 0 Å². The first-order chi connectivity index (χ1) is 5.50. The lowest BCUT2D eigenvalue weighted by molar-refractivity contribution is -0.131. The summed E-state index contributed by atoms with van der Waals surface area (Å²) in [6.45, 7) is 5.52. The number of Topliss-reactive ketones (excluding diaryl/α,β-unsaturated/α-hetero) is 1. The molecule has 0 spiro atoms. The van der Waals surface area contributed by atoms with E-state index in [9.17, 15) is 9.59 Å². The molecule has 0 bridgehead atoms. The zero-order chi connectivity index (χ0) is 9.35. The van der Waals surface area contributed by atoms with E-state index in [1.165, 1.54) is 0 Å². The van der Waals surface area contributed by atoms with Gasteiger partial charge in [-0.15, -0.1) is 0 Å². The smallest absolute Gasteiger partial charge is 0.235 e. The summed E-state index contributed by atoms with van der Waals surface area (Å²) in [6, 6.07) is -0.0103. The van der Waals surface area contributed by atoms with Gasteiger partial charge in [0.15, 0.2) is 0 Å². The SMILES string of the molecule is CC(=O)[C@@H]1C[C@H](N=C=O)C1(C)C. The third-order valence-corrected chi connectivity index (χ3v) is 2.92. The van der Waals surface area contributed by atoms with Crippen molar-refractivity contribution >= 4 is 11.9 Å². The highest BCUT2D eigenvalue weighted by atomic mass is 16.1. The second kappa shape index (κ2) is 2.83. The van der Waals surface area contributed by atoms with Gasteiger partial charge < -0.3 is 0 Å². The summed E-state index contributed by atoms with van der Waals surface area (Å²) in [7, 11) is 0. The normalized spacial score (nSPS) is 31.6. The van der Waals surface area contributed by atoms with Gasteiger partial charge in [-0.3, -0.25) is 4.79 Å². The number of ketones is 1. The molecule has 0 saturated heterocycles. The summed E-state index contributed by atoms with van der Waals surface area (Å²) in [4.78, 5) is 24.7. The number of hydrogen-bond donors (Lipinski definition) is 0. The van der Waals surface area contributed by atoms with Crippen LogP contribution in [0.25, 0.3) is 0 Å². The van der Waals surface area contributed by atoms with Crippen LogP contribution in [0, 0.1) is 11.3 Å². The van der Waals surface area contributed by atoms with Crippen LogP contribution in [0.1, 0.15) is 27.2 Å². The fraction of sp³-hybridized carbons (Fsp3) is 0.778. The molecule has 0 aromatic rings. The monoisotopic (exact) mass is 167 g/mol. The largest absolute Gasteiger partial charge is 0.300 e. The summed E-state index contributed by atoms with van der Waals surface area (Å²) in [5.41, 5.74) is -0.150. The molecule has 0 aromatic heterocycles. The molecule has 0 aliphatic heterocycles. The fourth-order valence-electron chi connectivity index (χ4n) is 1.88. The first kappa shape index (κ1) is 9.14. The molecule has 0 aromatic carbocycles. The molecule has 66 valence electrons. The van der Waals surface area contributed by atoms with Crippen LogP contribution in [0.15, 0.2) is 4.99 Å². The standard InChI is InChI=1S/C9H13NO2/c1-6(12)7-4-8(10-5-11)9(7,2)3/h7-8H,4H2,1-3H3/t7-,8-/m0/s1. The molecule has 0 amide bonds. The number of carbonyl (C=O) groups excluding carboxylic acids is 2. The number of aliphatic imine (C=N–C) groups is 1. The minimum Gasteiger partial charge on any atom is -0.300 e. The van der Waals surface area contributed by atoms with Gasteiger partial charge in [0, 0.05) is 5.92 Å². The van der Waals surface area contributed by atoms with Crippen molar-refractivity contribution in [2.75, 3.05) is 0 Å². The highest BCUT2D eigenvalue weighted by Crippen LogP contribution is 2.48. The van der Waals surface area contributed by atoms with Crippen molar-refractivity contribution in [1.29, 1.82) is 0 Å². The molecule has 0 radical (unpaired) electrons. The van der Waals surface area contributed by atoms with Crippen molar-refractivity contribution in [3.8, 4) is 0 Å². The van der Waals surface area contributed by atoms with E-state index in [1.807, 2.05) is 13.8 Å². The minimum atomic E-state index is -0.150. The highest BCUT2D eigenvalue weighted by molar-refractivity contribution is 5.80. The molecule has 0 heterocycles. The number of nitrogens with zero attached hydrogens (tertiary/aromatic N) is 1. The predicted octanol–water partition coefficient (Wildman–Crippen LogP) is 1.33. The van der Waals surface area contributed by atoms with E-state index in [0.717, 1.165) is 0 Å². The first-order valence-corrected chi connectivity index (χ1v) is 4.07. The van der Waals surface area contributed by atoms with Gasteiger partial charge in [-0.05, 0) is 18.8 Å². The van der Waals surface area contributed by atoms with Gasteiger partial charge >= 0.3 is 0 Å². The Morgan fingerprint density at radius 2 is 2.17 bits per heavy atom. The van der Waals surface area contributed by atoms with Crippen molar-refractivity contribution in [2.24, 2.45) is 16.3 Å². The van der Waals surface area contributed by atoms with Gasteiger partial charge in [0.25, 0.3) is 0 Å². The summed E-state index contributed by atoms with van der Waals surface area (Å²) in [5.74, 6) is 0.261. The van der Waals surface area contributed by atoms with Gasteiger partial charge in [0.1, 0.15) is 5.78 Å². The van der Waals surface area contributed by atoms with Crippen molar-refractivity contribution < 1.29 is 9.59 Å². The topological polar surface area (TPSA) is 46.5 Å². The van der Waals surface area contributed by atoms with E-state index in [4.69, 9.17) is 0 Å². The Balaban J connectivity index is 2.71. The third-order valence-electron chi connectivity index (χ3n) is 2.92. The highest BCUT2D eigenvalue weighted by Gasteiger charge is 2.50. The Labute approximate surface area is 71.9 Å². The fourth-order valence-corrected chi connectivity index (χ4v) is 1.88. The lowest BCUT2D eigenvalue weighted by Crippen LogP contribution is -2.51. The molecule has 3 heteroatoms. The number of isocyanates is 1. The molecule has 1 rings (SSSR count). The Hall–Kier alpha value is -0.950. The van der Waals surface area contributed by atoms with E-state index in [-0.39, 0.29) is 23.2 Å². The molecule has 1 saturated carbocycles. The Morgan fingerprint density at radius 3 is 2.50 bits per heavy atom. The maximum Gasteiger partial charge on any atom is 0.235 e. The van der Waals surface area contributed by atoms with Crippen LogP contribution in [0.3, 0.4) is 0 Å². The molecular formula is C9H13NO2. The lowest BCUT2D eigenvalue weighted by atomic mass is 9.57. The quantitative estimate of drug-likeness (QED) is 0.460. The van der Waals surface area contributed by atoms with Crippen LogP contribution in [0.2, 0.25) is 0 Å². The Morgan fingerprint density at radius 1 is 1.58 bits per heavy atom. The van der Waals surface area contributed by atoms with Gasteiger partial charge in [0.05, 0.1) is 6.04 Å². The van der Waals surface area contributed by atoms with E-state index in [1.54, 1.807) is 13.0 Å². The maximum absolute atomic E-state index is 11.1. The molecule has 1 fully saturated rings. The molecule has 3 nitrogen and oxygen atoms in total. The molecule has 0 N–H and O–H groups in total. The summed E-state index contributed by atoms with van der Waals surface area (Å²) in [6.07, 6.45) is 2.25. The zero-order valence-corrected chi connectivity index (χ0v) is 7.63. The lowest BCUT2D eigenvalue weighted by Gasteiger charge is -2.47. The van der Waals surface area contributed by atoms with Crippen molar-refractivity contribution in [2.45, 2.75) is 33.2 Å². The van der Waals surface area contributed by atoms with Crippen LogP contribution in [0.4, 0.5) is 0 Å². The van der Waals surface area contributed by atoms with E-state index in [0.29, 0.717) is 6.42 Å². The zero-order valence-electron chi connectivity index (χ0n) is 7.63. The van der Waals surface area contributed by atoms with Gasteiger partial charge in [-0.2, -0.15) is 0 Å². The van der Waals surface area contributed by atoms with E-state index >= 15 is 0 Å². The van der Waals surface area contributed by atoms with Gasteiger partial charge in [0.2, 0.25) is 6.08 Å². The molecule has 2 atom stereocenters. The second-order valence-electron chi connectivity index (χ2n) is 3.96. The summed E-state index contributed by atoms with van der Waals surface area (Å²) in [5, 5.41) is 0. The number of hydrogen-bond acceptors (Lipinski definition) is 3. The van der Waals surface area contributed by atoms with Crippen LogP contribution >= 0.6 is 0 Å². The van der Waals surface area contributed by atoms with Crippen LogP contribution in [0.5, 0.6) is 0 Å². The summed E-state index contributed by atoms with van der Waals surface area (Å²) >= 11 is 0. The molecule has 12 heavy (non-hydrogen) atoms. The molecule has 1 aliphatic rings. The predicted molar refractivity (Wildman–Crippen MR) is 44.5 cm³/mol. The van der Waals surface area contributed by atoms with Crippen LogP contribution in [-0.2, 0) is 9.59 Å². The summed E-state index contributed by atoms with van der Waals surface area (Å²) < 4.78 is 0. The van der Waals surface area contributed by atoms with Crippen LogP contribution < -0.4 is 0 Å². The Bertz CT molecular complexity index is 241. The number of carbonyl (C=O) groups is 1. The maximum atomic E-state index is 11.1. The minimum absolute atomic E-state index is 0.0103. The van der Waals surface area contributed by atoms with E-state index < -0.39 is 0 Å². The first-order valence-electron chi connectivity index (χ1n) is 4.07.